The number of nitrogens with zero attached hydrogens (tertiary/aromatic N) is 2. The predicted molar refractivity (Wildman–Crippen MR) is 118 cm³/mol. The number of fused-ring (bicyclic) bond motifs is 1. The highest BCUT2D eigenvalue weighted by Crippen LogP contribution is 2.27. The summed E-state index contributed by atoms with van der Waals surface area (Å²) in [6, 6.07) is 9.94. The maximum Gasteiger partial charge on any atom is 0.266 e. The molecule has 1 aliphatic carbocycles. The van der Waals surface area contributed by atoms with E-state index in [1.807, 2.05) is 0 Å². The highest BCUT2D eigenvalue weighted by atomic mass is 32.2. The van der Waals surface area contributed by atoms with E-state index in [-0.39, 0.29) is 22.8 Å². The number of nitrogens with one attached hydrogen (secondary N) is 1. The van der Waals surface area contributed by atoms with Gasteiger partial charge in [0.25, 0.3) is 5.56 Å². The molecular weight excluding hydrogens is 420 g/mol. The predicted octanol–water partition coefficient (Wildman–Crippen LogP) is 4.59. The summed E-state index contributed by atoms with van der Waals surface area (Å²) in [5, 5.41) is 3.01. The molecule has 8 heteroatoms. The van der Waals surface area contributed by atoms with Crippen LogP contribution in [0.15, 0.2) is 52.4 Å². The van der Waals surface area contributed by atoms with Crippen molar-refractivity contribution in [2.24, 2.45) is 0 Å². The topological polar surface area (TPSA) is 64.0 Å². The first-order chi connectivity index (χ1) is 14.9. The average Bonchev–Trinajstić information content (AvgIpc) is 2.75. The van der Waals surface area contributed by atoms with E-state index in [4.69, 9.17) is 0 Å². The van der Waals surface area contributed by atoms with Crippen molar-refractivity contribution in [3.05, 3.63) is 64.5 Å². The van der Waals surface area contributed by atoms with Crippen LogP contribution in [0.1, 0.15) is 39.0 Å². The lowest BCUT2D eigenvalue weighted by molar-refractivity contribution is -0.121. The molecule has 0 radical (unpaired) electrons. The number of hydrogen-bond acceptors (Lipinski definition) is 4. The van der Waals surface area contributed by atoms with Gasteiger partial charge in [-0.05, 0) is 44.0 Å². The summed E-state index contributed by atoms with van der Waals surface area (Å²) in [4.78, 5) is 30.5. The number of para-hydroxylation sites is 1. The lowest BCUT2D eigenvalue weighted by Crippen LogP contribution is -2.40. The minimum Gasteiger partial charge on any atom is -0.352 e. The van der Waals surface area contributed by atoms with Gasteiger partial charge in [0, 0.05) is 12.1 Å². The summed E-state index contributed by atoms with van der Waals surface area (Å²) in [6.07, 6.45) is 5.31. The third-order valence-corrected chi connectivity index (χ3v) is 6.55. The summed E-state index contributed by atoms with van der Waals surface area (Å²) in [6.45, 7) is 1.73. The third-order valence-electron chi connectivity index (χ3n) is 5.50. The van der Waals surface area contributed by atoms with Crippen molar-refractivity contribution in [1.29, 1.82) is 0 Å². The zero-order valence-electron chi connectivity index (χ0n) is 17.1. The van der Waals surface area contributed by atoms with Gasteiger partial charge in [0.15, 0.2) is 5.16 Å². The molecule has 5 nitrogen and oxygen atoms in total. The van der Waals surface area contributed by atoms with Crippen LogP contribution in [0.5, 0.6) is 0 Å². The first-order valence-electron chi connectivity index (χ1n) is 10.4. The number of benzene rings is 2. The molecule has 1 aromatic heterocycles. The molecule has 1 saturated carbocycles. The van der Waals surface area contributed by atoms with Crippen molar-refractivity contribution in [3.63, 3.8) is 0 Å². The second kappa shape index (κ2) is 9.18. The Morgan fingerprint density at radius 2 is 1.90 bits per heavy atom. The van der Waals surface area contributed by atoms with Crippen LogP contribution in [0, 0.1) is 11.6 Å². The molecule has 162 valence electrons. The lowest BCUT2D eigenvalue weighted by atomic mass is 9.95. The maximum absolute atomic E-state index is 14.6. The quantitative estimate of drug-likeness (QED) is 0.463. The van der Waals surface area contributed by atoms with Crippen LogP contribution < -0.4 is 10.9 Å². The van der Waals surface area contributed by atoms with Crippen LogP contribution >= 0.6 is 11.8 Å². The molecule has 1 heterocycles. The molecule has 3 aromatic rings. The first kappa shape index (κ1) is 21.5. The van der Waals surface area contributed by atoms with Gasteiger partial charge < -0.3 is 5.32 Å². The zero-order valence-corrected chi connectivity index (χ0v) is 17.9. The molecule has 0 bridgehead atoms. The lowest BCUT2D eigenvalue weighted by Gasteiger charge is -2.24. The Kier molecular flexibility index (Phi) is 6.36. The van der Waals surface area contributed by atoms with Gasteiger partial charge in [-0.25, -0.2) is 13.8 Å². The summed E-state index contributed by atoms with van der Waals surface area (Å²) in [5.74, 6) is -1.76. The summed E-state index contributed by atoms with van der Waals surface area (Å²) < 4.78 is 29.2. The molecule has 4 rings (SSSR count). The number of carbonyl (C=O) groups excluding carboxylic acids is 1. The molecule has 1 N–H and O–H groups in total. The van der Waals surface area contributed by atoms with E-state index in [9.17, 15) is 18.4 Å². The molecule has 0 aliphatic heterocycles. The fourth-order valence-corrected chi connectivity index (χ4v) is 4.77. The highest BCUT2D eigenvalue weighted by molar-refractivity contribution is 8.00. The normalized spacial score (nSPS) is 15.7. The minimum absolute atomic E-state index is 0.105. The van der Waals surface area contributed by atoms with Crippen LogP contribution in [0.2, 0.25) is 0 Å². The summed E-state index contributed by atoms with van der Waals surface area (Å²) in [7, 11) is 0. The van der Waals surface area contributed by atoms with Crippen molar-refractivity contribution >= 4 is 28.6 Å². The highest BCUT2D eigenvalue weighted by Gasteiger charge is 2.24. The van der Waals surface area contributed by atoms with Gasteiger partial charge in [-0.2, -0.15) is 0 Å². The summed E-state index contributed by atoms with van der Waals surface area (Å²) in [5.41, 5.74) is -0.126. The van der Waals surface area contributed by atoms with Gasteiger partial charge in [0.1, 0.15) is 11.6 Å². The Hall–Kier alpha value is -2.74. The Balaban J connectivity index is 1.72. The number of carbonyl (C=O) groups is 1. The molecule has 1 atom stereocenters. The van der Waals surface area contributed by atoms with Crippen LogP contribution in [0.4, 0.5) is 8.78 Å². The molecule has 1 fully saturated rings. The van der Waals surface area contributed by atoms with E-state index < -0.39 is 22.4 Å². The molecular formula is C23H23F2N3O2S. The Labute approximate surface area is 182 Å². The van der Waals surface area contributed by atoms with E-state index in [2.05, 4.69) is 10.3 Å². The van der Waals surface area contributed by atoms with Gasteiger partial charge in [0.2, 0.25) is 5.91 Å². The van der Waals surface area contributed by atoms with Crippen molar-refractivity contribution < 1.29 is 13.6 Å². The van der Waals surface area contributed by atoms with Gasteiger partial charge in [0.05, 0.1) is 21.8 Å². The molecule has 1 amide bonds. The molecule has 1 aliphatic rings. The Morgan fingerprint density at radius 1 is 1.16 bits per heavy atom. The monoisotopic (exact) mass is 443 g/mol. The van der Waals surface area contributed by atoms with Gasteiger partial charge in [-0.15, -0.1) is 0 Å². The van der Waals surface area contributed by atoms with Gasteiger partial charge >= 0.3 is 0 Å². The second-order valence-electron chi connectivity index (χ2n) is 7.75. The SMILES string of the molecule is CC(Sc1nc2ccccc2c(=O)n1-c1ccc(F)cc1F)C(=O)NC1CCCCC1. The van der Waals surface area contributed by atoms with Crippen LogP contribution in [-0.2, 0) is 4.79 Å². The minimum atomic E-state index is -0.875. The number of thioether (sulfide) groups is 1. The standard InChI is InChI=1S/C23H23F2N3O2S/c1-14(21(29)26-16-7-3-2-4-8-16)31-23-27-19-10-6-5-9-17(19)22(30)28(23)20-12-11-15(24)13-18(20)25/h5-6,9-14,16H,2-4,7-8H2,1H3,(H,26,29). The Morgan fingerprint density at radius 3 is 2.65 bits per heavy atom. The van der Waals surface area contributed by atoms with Gasteiger partial charge in [-0.3, -0.25) is 14.2 Å². The zero-order chi connectivity index (χ0) is 22.0. The fourth-order valence-electron chi connectivity index (χ4n) is 3.84. The molecule has 31 heavy (non-hydrogen) atoms. The van der Waals surface area contributed by atoms with E-state index in [0.29, 0.717) is 10.9 Å². The number of amides is 1. The fraction of sp³-hybridized carbons (Fsp3) is 0.348. The largest absolute Gasteiger partial charge is 0.352 e. The number of halogens is 2. The Bertz CT molecular complexity index is 1180. The van der Waals surface area contributed by atoms with Crippen molar-refractivity contribution in [2.75, 3.05) is 0 Å². The average molecular weight is 444 g/mol. The molecule has 0 spiro atoms. The van der Waals surface area contributed by atoms with Crippen LogP contribution in [-0.4, -0.2) is 26.8 Å². The van der Waals surface area contributed by atoms with Gasteiger partial charge in [-0.1, -0.05) is 43.2 Å². The molecule has 1 unspecified atom stereocenters. The van der Waals surface area contributed by atoms with Crippen LogP contribution in [0.25, 0.3) is 16.6 Å². The van der Waals surface area contributed by atoms with E-state index in [1.54, 1.807) is 31.2 Å². The number of rotatable bonds is 5. The van der Waals surface area contributed by atoms with Crippen molar-refractivity contribution in [1.82, 2.24) is 14.9 Å². The van der Waals surface area contributed by atoms with Crippen molar-refractivity contribution in [3.8, 4) is 5.69 Å². The first-order valence-corrected chi connectivity index (χ1v) is 11.3. The maximum atomic E-state index is 14.6. The molecule has 2 aromatic carbocycles. The van der Waals surface area contributed by atoms with E-state index in [0.717, 1.165) is 54.1 Å². The molecule has 0 saturated heterocycles. The van der Waals surface area contributed by atoms with E-state index in [1.165, 1.54) is 12.5 Å². The number of aromatic nitrogens is 2. The smallest absolute Gasteiger partial charge is 0.266 e. The van der Waals surface area contributed by atoms with E-state index >= 15 is 0 Å². The third kappa shape index (κ3) is 4.63. The summed E-state index contributed by atoms with van der Waals surface area (Å²) >= 11 is 1.08. The number of hydrogen-bond donors (Lipinski definition) is 1. The van der Waals surface area contributed by atoms with Crippen molar-refractivity contribution in [2.45, 2.75) is 55.5 Å². The second-order valence-corrected chi connectivity index (χ2v) is 9.06. The van der Waals surface area contributed by atoms with Crippen LogP contribution in [0.3, 0.4) is 0 Å².